The summed E-state index contributed by atoms with van der Waals surface area (Å²) in [6.45, 7) is 4.49. The molecule has 2 N–H and O–H groups in total. The molecule has 0 aromatic carbocycles. The van der Waals surface area contributed by atoms with Crippen LogP contribution >= 0.6 is 0 Å². The second-order valence-electron chi connectivity index (χ2n) is 7.75. The molecule has 2 saturated heterocycles. The summed E-state index contributed by atoms with van der Waals surface area (Å²) in [5, 5.41) is 7.14. The number of sulfone groups is 1. The maximum Gasteiger partial charge on any atom is 0.191 e. The third-order valence-corrected chi connectivity index (χ3v) is 7.27. The second kappa shape index (κ2) is 8.04. The lowest BCUT2D eigenvalue weighted by molar-refractivity contribution is 0.0821. The lowest BCUT2D eigenvalue weighted by atomic mass is 10.1. The quantitative estimate of drug-likeness (QED) is 0.586. The number of hydrogen-bond acceptors (Lipinski definition) is 4. The fraction of sp³-hybridized carbons (Fsp3) is 0.941. The van der Waals surface area contributed by atoms with E-state index in [0.717, 1.165) is 44.4 Å². The summed E-state index contributed by atoms with van der Waals surface area (Å²) in [6, 6.07) is 0.884. The van der Waals surface area contributed by atoms with Crippen molar-refractivity contribution in [2.75, 3.05) is 31.3 Å². The molecule has 7 heteroatoms. The van der Waals surface area contributed by atoms with E-state index < -0.39 is 9.84 Å². The van der Waals surface area contributed by atoms with Crippen molar-refractivity contribution in [1.29, 1.82) is 0 Å². The van der Waals surface area contributed by atoms with E-state index in [1.165, 1.54) is 19.3 Å². The Labute approximate surface area is 145 Å². The number of nitrogens with zero attached hydrogens (tertiary/aromatic N) is 1. The number of hydrogen-bond donors (Lipinski definition) is 2. The van der Waals surface area contributed by atoms with Gasteiger partial charge in [-0.15, -0.1) is 0 Å². The molecule has 0 spiro atoms. The van der Waals surface area contributed by atoms with Crippen LogP contribution in [-0.4, -0.2) is 57.7 Å². The largest absolute Gasteiger partial charge is 0.381 e. The molecule has 0 bridgehead atoms. The highest BCUT2D eigenvalue weighted by Gasteiger charge is 2.28. The number of guanidine groups is 1. The van der Waals surface area contributed by atoms with Gasteiger partial charge in [0.25, 0.3) is 0 Å². The summed E-state index contributed by atoms with van der Waals surface area (Å²) in [7, 11) is -2.83. The number of ether oxygens (including phenoxy) is 1. The minimum absolute atomic E-state index is 0.172. The van der Waals surface area contributed by atoms with E-state index in [4.69, 9.17) is 9.73 Å². The lowest BCUT2D eigenvalue weighted by Crippen LogP contribution is -2.48. The van der Waals surface area contributed by atoms with E-state index in [-0.39, 0.29) is 5.92 Å². The molecule has 0 aromatic heterocycles. The highest BCUT2D eigenvalue weighted by Crippen LogP contribution is 2.24. The lowest BCUT2D eigenvalue weighted by Gasteiger charge is -2.27. The first kappa shape index (κ1) is 18.0. The molecule has 6 nitrogen and oxygen atoms in total. The van der Waals surface area contributed by atoms with Crippen molar-refractivity contribution in [1.82, 2.24) is 10.6 Å². The fourth-order valence-electron chi connectivity index (χ4n) is 3.94. The topological polar surface area (TPSA) is 79.8 Å². The van der Waals surface area contributed by atoms with Crippen LogP contribution in [0.2, 0.25) is 0 Å². The van der Waals surface area contributed by atoms with Gasteiger partial charge in [-0.1, -0.05) is 6.92 Å². The van der Waals surface area contributed by atoms with Crippen molar-refractivity contribution in [3.05, 3.63) is 0 Å². The molecular formula is C17H31N3O3S. The van der Waals surface area contributed by atoms with Gasteiger partial charge in [0.15, 0.2) is 15.8 Å². The van der Waals surface area contributed by atoms with Crippen LogP contribution in [0.25, 0.3) is 0 Å². The van der Waals surface area contributed by atoms with Crippen molar-refractivity contribution in [3.8, 4) is 0 Å². The second-order valence-corrected chi connectivity index (χ2v) is 9.98. The van der Waals surface area contributed by atoms with Crippen LogP contribution < -0.4 is 10.6 Å². The monoisotopic (exact) mass is 357 g/mol. The molecule has 0 aromatic rings. The van der Waals surface area contributed by atoms with Gasteiger partial charge in [-0.2, -0.15) is 0 Å². The van der Waals surface area contributed by atoms with Gasteiger partial charge in [0.2, 0.25) is 0 Å². The first-order chi connectivity index (χ1) is 11.5. The smallest absolute Gasteiger partial charge is 0.191 e. The predicted molar refractivity (Wildman–Crippen MR) is 96.0 cm³/mol. The average molecular weight is 358 g/mol. The highest BCUT2D eigenvalue weighted by atomic mass is 32.2. The first-order valence-electron chi connectivity index (χ1n) is 9.36. The van der Waals surface area contributed by atoms with E-state index in [9.17, 15) is 8.42 Å². The van der Waals surface area contributed by atoms with Gasteiger partial charge in [0, 0.05) is 31.8 Å². The summed E-state index contributed by atoms with van der Waals surface area (Å²) in [6.07, 6.45) is 6.39. The van der Waals surface area contributed by atoms with Gasteiger partial charge in [-0.25, -0.2) is 8.42 Å². The van der Waals surface area contributed by atoms with Crippen molar-refractivity contribution < 1.29 is 13.2 Å². The average Bonchev–Trinajstić information content (AvgIpc) is 3.11. The van der Waals surface area contributed by atoms with E-state index in [0.29, 0.717) is 30.1 Å². The van der Waals surface area contributed by atoms with E-state index in [1.807, 2.05) is 0 Å². The zero-order chi connectivity index (χ0) is 17.0. The Hall–Kier alpha value is -0.820. The Morgan fingerprint density at radius 3 is 2.46 bits per heavy atom. The molecule has 1 aliphatic carbocycles. The van der Waals surface area contributed by atoms with Crippen molar-refractivity contribution >= 4 is 15.8 Å². The third kappa shape index (κ3) is 5.34. The number of aliphatic imine (C=N–C) groups is 1. The summed E-state index contributed by atoms with van der Waals surface area (Å²) >= 11 is 0. The molecular weight excluding hydrogens is 326 g/mol. The third-order valence-electron chi connectivity index (χ3n) is 5.43. The van der Waals surface area contributed by atoms with Gasteiger partial charge >= 0.3 is 0 Å². The van der Waals surface area contributed by atoms with E-state index in [2.05, 4.69) is 17.6 Å². The molecule has 138 valence electrons. The van der Waals surface area contributed by atoms with Crippen LogP contribution in [0.1, 0.15) is 45.4 Å². The summed E-state index contributed by atoms with van der Waals surface area (Å²) in [4.78, 5) is 4.74. The molecule has 3 atom stereocenters. The molecule has 1 saturated carbocycles. The molecule has 3 fully saturated rings. The van der Waals surface area contributed by atoms with Crippen LogP contribution in [-0.2, 0) is 14.6 Å². The normalized spacial score (nSPS) is 34.4. The van der Waals surface area contributed by atoms with Gasteiger partial charge in [-0.3, -0.25) is 4.99 Å². The first-order valence-corrected chi connectivity index (χ1v) is 11.2. The molecule has 2 heterocycles. The highest BCUT2D eigenvalue weighted by molar-refractivity contribution is 7.91. The Kier molecular flexibility index (Phi) is 6.02. The van der Waals surface area contributed by atoms with Crippen molar-refractivity contribution in [2.24, 2.45) is 16.8 Å². The van der Waals surface area contributed by atoms with Crippen LogP contribution in [0.5, 0.6) is 0 Å². The summed E-state index contributed by atoms with van der Waals surface area (Å²) < 4.78 is 28.7. The zero-order valence-corrected chi connectivity index (χ0v) is 15.5. The maximum absolute atomic E-state index is 11.6. The van der Waals surface area contributed by atoms with Crippen LogP contribution in [0.15, 0.2) is 4.99 Å². The molecule has 3 unspecified atom stereocenters. The summed E-state index contributed by atoms with van der Waals surface area (Å²) in [5.41, 5.74) is 0. The zero-order valence-electron chi connectivity index (χ0n) is 14.7. The predicted octanol–water partition coefficient (Wildman–Crippen LogP) is 1.32. The molecule has 24 heavy (non-hydrogen) atoms. The van der Waals surface area contributed by atoms with E-state index in [1.54, 1.807) is 0 Å². The Morgan fingerprint density at radius 2 is 1.83 bits per heavy atom. The SMILES string of the molecule is CC1CCC(NC(=NCC2CCS(=O)(=O)C2)NC2CCOCC2)C1. The number of nitrogens with one attached hydrogen (secondary N) is 2. The van der Waals surface area contributed by atoms with Crippen molar-refractivity contribution in [2.45, 2.75) is 57.5 Å². The van der Waals surface area contributed by atoms with Crippen molar-refractivity contribution in [3.63, 3.8) is 0 Å². The van der Waals surface area contributed by atoms with Gasteiger partial charge in [-0.05, 0) is 50.4 Å². The Bertz CT molecular complexity index is 535. The van der Waals surface area contributed by atoms with Gasteiger partial charge in [0.05, 0.1) is 11.5 Å². The molecule has 2 aliphatic heterocycles. The van der Waals surface area contributed by atoms with Gasteiger partial charge < -0.3 is 15.4 Å². The molecule has 3 rings (SSSR count). The molecule has 0 amide bonds. The maximum atomic E-state index is 11.6. The minimum Gasteiger partial charge on any atom is -0.381 e. The number of rotatable bonds is 4. The minimum atomic E-state index is -2.83. The van der Waals surface area contributed by atoms with Gasteiger partial charge in [0.1, 0.15) is 0 Å². The Balaban J connectivity index is 1.58. The fourth-order valence-corrected chi connectivity index (χ4v) is 5.79. The van der Waals surface area contributed by atoms with Crippen LogP contribution in [0, 0.1) is 11.8 Å². The molecule has 3 aliphatic rings. The van der Waals surface area contributed by atoms with Crippen LogP contribution in [0.3, 0.4) is 0 Å². The Morgan fingerprint density at radius 1 is 1.08 bits per heavy atom. The standard InChI is InChI=1S/C17H31N3O3S/c1-13-2-3-16(10-13)20-17(19-15-4-7-23-8-5-15)18-11-14-6-9-24(21,22)12-14/h13-16H,2-12H2,1H3,(H2,18,19,20). The summed E-state index contributed by atoms with van der Waals surface area (Å²) in [5.74, 6) is 2.42. The molecule has 0 radical (unpaired) electrons. The van der Waals surface area contributed by atoms with Crippen LogP contribution in [0.4, 0.5) is 0 Å². The van der Waals surface area contributed by atoms with E-state index >= 15 is 0 Å².